The highest BCUT2D eigenvalue weighted by molar-refractivity contribution is 6.00. The van der Waals surface area contributed by atoms with E-state index in [1.165, 1.54) is 30.1 Å². The van der Waals surface area contributed by atoms with Crippen molar-refractivity contribution in [3.05, 3.63) is 24.0 Å². The normalized spacial score (nSPS) is 20.5. The van der Waals surface area contributed by atoms with Gasteiger partial charge in [0.2, 0.25) is 5.91 Å². The van der Waals surface area contributed by atoms with Crippen LogP contribution in [0.1, 0.15) is 47.0 Å². The lowest BCUT2D eigenvalue weighted by Crippen LogP contribution is -2.64. The van der Waals surface area contributed by atoms with E-state index in [2.05, 4.69) is 10.6 Å². The molecule has 182 valence electrons. The van der Waals surface area contributed by atoms with Crippen LogP contribution in [0.4, 0.5) is 14.9 Å². The van der Waals surface area contributed by atoms with Crippen molar-refractivity contribution in [1.82, 2.24) is 10.2 Å². The second-order valence-electron chi connectivity index (χ2n) is 9.37. The molecule has 1 saturated heterocycles. The molecule has 2 N–H and O–H groups in total. The summed E-state index contributed by atoms with van der Waals surface area (Å²) in [6.45, 7) is 7.61. The fourth-order valence-corrected chi connectivity index (χ4v) is 4.05. The highest BCUT2D eigenvalue weighted by atomic mass is 19.1. The van der Waals surface area contributed by atoms with Gasteiger partial charge in [0.25, 0.3) is 5.91 Å². The van der Waals surface area contributed by atoms with E-state index in [0.29, 0.717) is 38.2 Å². The van der Waals surface area contributed by atoms with Crippen molar-refractivity contribution in [2.45, 2.75) is 70.2 Å². The van der Waals surface area contributed by atoms with Crippen molar-refractivity contribution in [2.75, 3.05) is 25.6 Å². The zero-order valence-corrected chi connectivity index (χ0v) is 19.7. The van der Waals surface area contributed by atoms with E-state index >= 15 is 0 Å². The number of fused-ring (bicyclic) bond motifs is 1. The van der Waals surface area contributed by atoms with Crippen molar-refractivity contribution in [1.29, 1.82) is 0 Å². The Labute approximate surface area is 192 Å². The number of likely N-dealkylation sites (N-methyl/N-ethyl adjacent to an activating group) is 1. The Bertz CT molecular complexity index is 910. The van der Waals surface area contributed by atoms with E-state index in [9.17, 15) is 18.8 Å². The molecule has 9 nitrogen and oxygen atoms in total. The molecule has 0 saturated carbocycles. The first kappa shape index (κ1) is 24.8. The number of nitrogens with zero attached hydrogens (tertiary/aromatic N) is 1. The SMILES string of the molecule is CC[C@@H](C(=O)N[C@H]1C(=O)Nc2ccc(F)cc2OC12CCOCC2)N(C)C(=O)OC(C)(C)C. The number of amides is 3. The Balaban J connectivity index is 1.87. The first-order chi connectivity index (χ1) is 15.5. The summed E-state index contributed by atoms with van der Waals surface area (Å²) in [4.78, 5) is 40.2. The minimum absolute atomic E-state index is 0.194. The molecule has 0 unspecified atom stereocenters. The van der Waals surface area contributed by atoms with Gasteiger partial charge < -0.3 is 24.8 Å². The third-order valence-corrected chi connectivity index (χ3v) is 5.77. The van der Waals surface area contributed by atoms with Crippen LogP contribution in [0.25, 0.3) is 0 Å². The lowest BCUT2D eigenvalue weighted by molar-refractivity contribution is -0.138. The minimum atomic E-state index is -1.13. The van der Waals surface area contributed by atoms with Gasteiger partial charge in [0.15, 0.2) is 0 Å². The smallest absolute Gasteiger partial charge is 0.410 e. The van der Waals surface area contributed by atoms with E-state index in [1.54, 1.807) is 27.7 Å². The number of benzene rings is 1. The van der Waals surface area contributed by atoms with Gasteiger partial charge in [-0.25, -0.2) is 9.18 Å². The van der Waals surface area contributed by atoms with E-state index in [0.717, 1.165) is 0 Å². The van der Waals surface area contributed by atoms with Crippen LogP contribution in [0.15, 0.2) is 18.2 Å². The van der Waals surface area contributed by atoms with Gasteiger partial charge in [-0.05, 0) is 39.3 Å². The number of hydrogen-bond acceptors (Lipinski definition) is 6. The molecule has 1 spiro atoms. The number of halogens is 1. The summed E-state index contributed by atoms with van der Waals surface area (Å²) in [6.07, 6.45) is 0.299. The van der Waals surface area contributed by atoms with Crippen LogP contribution in [0.3, 0.4) is 0 Å². The van der Waals surface area contributed by atoms with E-state index < -0.39 is 47.0 Å². The van der Waals surface area contributed by atoms with E-state index in [-0.39, 0.29) is 5.75 Å². The first-order valence-corrected chi connectivity index (χ1v) is 11.1. The predicted octanol–water partition coefficient (Wildman–Crippen LogP) is 2.84. The van der Waals surface area contributed by atoms with Crippen molar-refractivity contribution >= 4 is 23.6 Å². The van der Waals surface area contributed by atoms with Crippen LogP contribution in [0, 0.1) is 5.82 Å². The van der Waals surface area contributed by atoms with Gasteiger partial charge >= 0.3 is 6.09 Å². The van der Waals surface area contributed by atoms with Gasteiger partial charge in [0, 0.05) is 26.0 Å². The molecule has 1 fully saturated rings. The molecule has 0 radical (unpaired) electrons. The van der Waals surface area contributed by atoms with Crippen molar-refractivity contribution in [3.8, 4) is 5.75 Å². The molecule has 3 rings (SSSR count). The monoisotopic (exact) mass is 465 g/mol. The number of ether oxygens (including phenoxy) is 3. The van der Waals surface area contributed by atoms with Crippen molar-refractivity contribution in [3.63, 3.8) is 0 Å². The molecule has 2 heterocycles. The number of carbonyl (C=O) groups is 3. The standard InChI is InChI=1S/C23H32FN3O6/c1-6-16(27(5)21(30)33-22(2,3)4)19(28)26-18-20(29)25-15-8-7-14(24)13-17(15)32-23(18)9-11-31-12-10-23/h7-8,13,16,18H,6,9-12H2,1-5H3,(H,25,29)(H,26,28)/t16-,18-/m0/s1. The third kappa shape index (κ3) is 5.55. The van der Waals surface area contributed by atoms with Crippen molar-refractivity contribution in [2.24, 2.45) is 0 Å². The fraction of sp³-hybridized carbons (Fsp3) is 0.609. The lowest BCUT2D eigenvalue weighted by Gasteiger charge is -2.41. The second-order valence-corrected chi connectivity index (χ2v) is 9.37. The van der Waals surface area contributed by atoms with Crippen LogP contribution < -0.4 is 15.4 Å². The molecule has 2 atom stereocenters. The summed E-state index contributed by atoms with van der Waals surface area (Å²) in [5.74, 6) is -1.30. The van der Waals surface area contributed by atoms with Gasteiger partial charge in [0.05, 0.1) is 18.9 Å². The van der Waals surface area contributed by atoms with Gasteiger partial charge in [-0.15, -0.1) is 0 Å². The molecule has 10 heteroatoms. The van der Waals surface area contributed by atoms with Crippen LogP contribution >= 0.6 is 0 Å². The number of anilines is 1. The number of nitrogens with one attached hydrogen (secondary N) is 2. The van der Waals surface area contributed by atoms with Gasteiger partial charge in [-0.2, -0.15) is 0 Å². The average molecular weight is 466 g/mol. The molecule has 0 aromatic heterocycles. The van der Waals surface area contributed by atoms with Crippen molar-refractivity contribution < 1.29 is 33.0 Å². The topological polar surface area (TPSA) is 106 Å². The third-order valence-electron chi connectivity index (χ3n) is 5.77. The van der Waals surface area contributed by atoms with Crippen LogP contribution in [0.2, 0.25) is 0 Å². The summed E-state index contributed by atoms with van der Waals surface area (Å²) in [6, 6.07) is 1.91. The number of hydrogen-bond donors (Lipinski definition) is 2. The summed E-state index contributed by atoms with van der Waals surface area (Å²) >= 11 is 0. The summed E-state index contributed by atoms with van der Waals surface area (Å²) in [7, 11) is 1.48. The Morgan fingerprint density at radius 2 is 2.00 bits per heavy atom. The molecule has 2 aliphatic heterocycles. The molecular formula is C23H32FN3O6. The number of rotatable bonds is 4. The zero-order chi connectivity index (χ0) is 24.4. The fourth-order valence-electron chi connectivity index (χ4n) is 4.05. The summed E-state index contributed by atoms with van der Waals surface area (Å²) < 4.78 is 30.9. The lowest BCUT2D eigenvalue weighted by atomic mass is 9.85. The molecule has 0 bridgehead atoms. The van der Waals surface area contributed by atoms with Gasteiger partial charge in [-0.1, -0.05) is 6.92 Å². The Morgan fingerprint density at radius 3 is 2.61 bits per heavy atom. The quantitative estimate of drug-likeness (QED) is 0.708. The number of carbonyl (C=O) groups excluding carboxylic acids is 3. The Hall–Kier alpha value is -2.88. The van der Waals surface area contributed by atoms with E-state index in [4.69, 9.17) is 14.2 Å². The van der Waals surface area contributed by atoms with Crippen LogP contribution in [-0.2, 0) is 19.1 Å². The molecule has 1 aromatic rings. The van der Waals surface area contributed by atoms with Gasteiger partial charge in [0.1, 0.15) is 34.9 Å². The highest BCUT2D eigenvalue weighted by Gasteiger charge is 2.50. The maximum absolute atomic E-state index is 13.9. The molecular weight excluding hydrogens is 433 g/mol. The summed E-state index contributed by atoms with van der Waals surface area (Å²) in [5, 5.41) is 5.52. The predicted molar refractivity (Wildman–Crippen MR) is 118 cm³/mol. The largest absolute Gasteiger partial charge is 0.482 e. The maximum Gasteiger partial charge on any atom is 0.410 e. The second kappa shape index (κ2) is 9.54. The molecule has 3 amide bonds. The molecule has 33 heavy (non-hydrogen) atoms. The van der Waals surface area contributed by atoms with E-state index in [1.807, 2.05) is 0 Å². The Morgan fingerprint density at radius 1 is 1.33 bits per heavy atom. The first-order valence-electron chi connectivity index (χ1n) is 11.1. The van der Waals surface area contributed by atoms with Crippen LogP contribution in [-0.4, -0.2) is 66.4 Å². The molecule has 0 aliphatic carbocycles. The van der Waals surface area contributed by atoms with Gasteiger partial charge in [-0.3, -0.25) is 14.5 Å². The minimum Gasteiger partial charge on any atom is -0.482 e. The highest BCUT2D eigenvalue weighted by Crippen LogP contribution is 2.38. The average Bonchev–Trinajstić information content (AvgIpc) is 2.83. The molecule has 1 aromatic carbocycles. The summed E-state index contributed by atoms with van der Waals surface area (Å²) in [5.41, 5.74) is -1.52. The zero-order valence-electron chi connectivity index (χ0n) is 19.7. The Kier molecular flexibility index (Phi) is 7.16. The molecule has 2 aliphatic rings. The van der Waals surface area contributed by atoms with Crippen LogP contribution in [0.5, 0.6) is 5.75 Å². The maximum atomic E-state index is 13.9.